The maximum atomic E-state index is 10.9. The Bertz CT molecular complexity index is 291. The summed E-state index contributed by atoms with van der Waals surface area (Å²) in [5.74, 6) is 0.510. The van der Waals surface area contributed by atoms with Gasteiger partial charge in [-0.1, -0.05) is 13.8 Å². The van der Waals surface area contributed by atoms with Crippen molar-refractivity contribution in [1.82, 2.24) is 5.32 Å². The molecule has 0 aromatic heterocycles. The van der Waals surface area contributed by atoms with E-state index in [4.69, 9.17) is 16.2 Å². The molecule has 0 aliphatic carbocycles. The van der Waals surface area contributed by atoms with Gasteiger partial charge in [0.05, 0.1) is 6.10 Å². The van der Waals surface area contributed by atoms with E-state index in [1.807, 2.05) is 0 Å². The van der Waals surface area contributed by atoms with Crippen molar-refractivity contribution < 1.29 is 9.53 Å². The highest BCUT2D eigenvalue weighted by molar-refractivity contribution is 5.79. The van der Waals surface area contributed by atoms with E-state index in [1.165, 1.54) is 0 Å². The lowest BCUT2D eigenvalue weighted by molar-refractivity contribution is -0.128. The number of hydrogen-bond donors (Lipinski definition) is 3. The van der Waals surface area contributed by atoms with Gasteiger partial charge in [0.2, 0.25) is 5.91 Å². The Labute approximate surface area is 102 Å². The molecule has 2 atom stereocenters. The van der Waals surface area contributed by atoms with Crippen LogP contribution in [0.1, 0.15) is 26.7 Å². The monoisotopic (exact) mass is 242 g/mol. The van der Waals surface area contributed by atoms with Crippen LogP contribution in [0.2, 0.25) is 0 Å². The Kier molecular flexibility index (Phi) is 5.21. The van der Waals surface area contributed by atoms with Crippen molar-refractivity contribution in [2.24, 2.45) is 22.4 Å². The zero-order valence-corrected chi connectivity index (χ0v) is 10.5. The number of ether oxygens (including phenoxy) is 1. The summed E-state index contributed by atoms with van der Waals surface area (Å²) in [7, 11) is 0. The third kappa shape index (κ3) is 5.04. The molecule has 1 rings (SSSR count). The van der Waals surface area contributed by atoms with Crippen molar-refractivity contribution in [3.8, 4) is 0 Å². The van der Waals surface area contributed by atoms with Crippen LogP contribution in [0.25, 0.3) is 0 Å². The number of hydrogen-bond acceptors (Lipinski definition) is 3. The summed E-state index contributed by atoms with van der Waals surface area (Å²) in [5.41, 5.74) is 10.9. The first-order valence-corrected chi connectivity index (χ1v) is 5.97. The Morgan fingerprint density at radius 2 is 2.18 bits per heavy atom. The minimum absolute atomic E-state index is 0.0136. The minimum Gasteiger partial charge on any atom is -0.370 e. The number of carbonyl (C=O) groups is 1. The summed E-state index contributed by atoms with van der Waals surface area (Å²) in [6.07, 6.45) is 1.04. The lowest BCUT2D eigenvalue weighted by Gasteiger charge is -2.13. The number of nitrogens with two attached hydrogens (primary N) is 2. The average Bonchev–Trinajstić information content (AvgIpc) is 2.72. The number of nitrogens with one attached hydrogen (secondary N) is 1. The molecule has 1 aliphatic heterocycles. The van der Waals surface area contributed by atoms with E-state index in [0.29, 0.717) is 31.4 Å². The molecule has 98 valence electrons. The van der Waals surface area contributed by atoms with Crippen molar-refractivity contribution in [2.45, 2.75) is 38.9 Å². The summed E-state index contributed by atoms with van der Waals surface area (Å²) in [6.45, 7) is 5.42. The molecular formula is C11H22N4O2. The van der Waals surface area contributed by atoms with Crippen molar-refractivity contribution in [3.05, 3.63) is 0 Å². The second-order valence-electron chi connectivity index (χ2n) is 4.73. The highest BCUT2D eigenvalue weighted by atomic mass is 16.5. The Hall–Kier alpha value is -1.30. The van der Waals surface area contributed by atoms with Crippen LogP contribution in [0.15, 0.2) is 4.99 Å². The average molecular weight is 242 g/mol. The van der Waals surface area contributed by atoms with Gasteiger partial charge in [-0.2, -0.15) is 0 Å². The highest BCUT2D eigenvalue weighted by Crippen LogP contribution is 2.18. The maximum absolute atomic E-state index is 10.9. The topological polar surface area (TPSA) is 103 Å². The van der Waals surface area contributed by atoms with Crippen molar-refractivity contribution in [1.29, 1.82) is 0 Å². The fourth-order valence-electron chi connectivity index (χ4n) is 1.62. The summed E-state index contributed by atoms with van der Waals surface area (Å²) in [4.78, 5) is 15.1. The van der Waals surface area contributed by atoms with E-state index in [2.05, 4.69) is 24.2 Å². The molecule has 1 fully saturated rings. The van der Waals surface area contributed by atoms with Gasteiger partial charge in [-0.25, -0.2) is 0 Å². The quantitative estimate of drug-likeness (QED) is 0.450. The molecule has 6 nitrogen and oxygen atoms in total. The first-order chi connectivity index (χ1) is 7.99. The van der Waals surface area contributed by atoms with Gasteiger partial charge >= 0.3 is 0 Å². The van der Waals surface area contributed by atoms with Crippen LogP contribution >= 0.6 is 0 Å². The van der Waals surface area contributed by atoms with Crippen LogP contribution in [0.5, 0.6) is 0 Å². The van der Waals surface area contributed by atoms with Crippen LogP contribution < -0.4 is 16.8 Å². The van der Waals surface area contributed by atoms with E-state index in [1.54, 1.807) is 0 Å². The van der Waals surface area contributed by atoms with Gasteiger partial charge in [0.25, 0.3) is 0 Å². The first kappa shape index (κ1) is 13.8. The van der Waals surface area contributed by atoms with Crippen molar-refractivity contribution >= 4 is 11.9 Å². The molecule has 2 unspecified atom stereocenters. The normalized spacial score (nSPS) is 25.2. The molecule has 1 amide bonds. The molecule has 0 aromatic carbocycles. The molecule has 5 N–H and O–H groups in total. The van der Waals surface area contributed by atoms with Crippen molar-refractivity contribution in [3.63, 3.8) is 0 Å². The molecule has 0 bridgehead atoms. The summed E-state index contributed by atoms with van der Waals surface area (Å²) >= 11 is 0. The first-order valence-electron chi connectivity index (χ1n) is 5.97. The van der Waals surface area contributed by atoms with Gasteiger partial charge in [0.15, 0.2) is 5.96 Å². The number of guanidine groups is 1. The zero-order valence-electron chi connectivity index (χ0n) is 10.5. The smallest absolute Gasteiger partial charge is 0.246 e. The van der Waals surface area contributed by atoms with Gasteiger partial charge < -0.3 is 21.5 Å². The molecule has 1 saturated heterocycles. The summed E-state index contributed by atoms with van der Waals surface area (Å²) in [6, 6.07) is 0. The molecule has 0 aromatic rings. The molecule has 1 aliphatic rings. The number of amides is 1. The highest BCUT2D eigenvalue weighted by Gasteiger charge is 2.28. The maximum Gasteiger partial charge on any atom is 0.246 e. The van der Waals surface area contributed by atoms with Crippen molar-refractivity contribution in [2.75, 3.05) is 13.1 Å². The summed E-state index contributed by atoms with van der Waals surface area (Å²) in [5, 5.41) is 2.99. The SMILES string of the molecule is CC(C)CN=C(N)NCC1CCC(C(N)=O)O1. The van der Waals surface area contributed by atoms with Gasteiger partial charge in [0, 0.05) is 13.1 Å². The lowest BCUT2D eigenvalue weighted by atomic mass is 10.2. The van der Waals surface area contributed by atoms with E-state index in [0.717, 1.165) is 6.42 Å². The standard InChI is InChI=1S/C11H22N4O2/c1-7(2)5-14-11(13)15-6-8-3-4-9(17-8)10(12)16/h7-9H,3-6H2,1-2H3,(H2,12,16)(H3,13,14,15). The van der Waals surface area contributed by atoms with Crippen LogP contribution in [-0.2, 0) is 9.53 Å². The van der Waals surface area contributed by atoms with E-state index < -0.39 is 12.0 Å². The lowest BCUT2D eigenvalue weighted by Crippen LogP contribution is -2.38. The predicted molar refractivity (Wildman–Crippen MR) is 66.4 cm³/mol. The molecule has 0 spiro atoms. The van der Waals surface area contributed by atoms with E-state index >= 15 is 0 Å². The number of aliphatic imine (C=N–C) groups is 1. The molecular weight excluding hydrogens is 220 g/mol. The molecule has 1 heterocycles. The molecule has 0 radical (unpaired) electrons. The Balaban J connectivity index is 2.23. The second kappa shape index (κ2) is 6.44. The van der Waals surface area contributed by atoms with Gasteiger partial charge in [-0.15, -0.1) is 0 Å². The fraction of sp³-hybridized carbons (Fsp3) is 0.818. The van der Waals surface area contributed by atoms with Gasteiger partial charge in [-0.05, 0) is 18.8 Å². The zero-order chi connectivity index (χ0) is 12.8. The van der Waals surface area contributed by atoms with Crippen LogP contribution in [0, 0.1) is 5.92 Å². The number of nitrogens with zero attached hydrogens (tertiary/aromatic N) is 1. The predicted octanol–water partition coefficient (Wildman–Crippen LogP) is -0.420. The van der Waals surface area contributed by atoms with Gasteiger partial charge in [0.1, 0.15) is 6.10 Å². The number of carbonyl (C=O) groups excluding carboxylic acids is 1. The van der Waals surface area contributed by atoms with E-state index in [9.17, 15) is 4.79 Å². The molecule has 0 saturated carbocycles. The largest absolute Gasteiger partial charge is 0.370 e. The Morgan fingerprint density at radius 1 is 1.47 bits per heavy atom. The van der Waals surface area contributed by atoms with Crippen LogP contribution in [0.4, 0.5) is 0 Å². The second-order valence-corrected chi connectivity index (χ2v) is 4.73. The van der Waals surface area contributed by atoms with Crippen LogP contribution in [-0.4, -0.2) is 37.2 Å². The molecule has 17 heavy (non-hydrogen) atoms. The Morgan fingerprint density at radius 3 is 2.71 bits per heavy atom. The summed E-state index contributed by atoms with van der Waals surface area (Å²) < 4.78 is 5.45. The number of rotatable bonds is 5. The third-order valence-electron chi connectivity index (χ3n) is 2.56. The molecule has 6 heteroatoms. The van der Waals surface area contributed by atoms with Gasteiger partial charge in [-0.3, -0.25) is 9.79 Å². The van der Waals surface area contributed by atoms with E-state index in [-0.39, 0.29) is 6.10 Å². The number of primary amides is 1. The minimum atomic E-state index is -0.448. The third-order valence-corrected chi connectivity index (χ3v) is 2.56. The fourth-order valence-corrected chi connectivity index (χ4v) is 1.62. The van der Waals surface area contributed by atoms with Crippen LogP contribution in [0.3, 0.4) is 0 Å².